The van der Waals surface area contributed by atoms with Gasteiger partial charge in [-0.05, 0) is 28.8 Å². The van der Waals surface area contributed by atoms with Gasteiger partial charge in [-0.15, -0.1) is 10.2 Å². The molecule has 0 fully saturated rings. The maximum Gasteiger partial charge on any atom is 0.222 e. The third-order valence-electron chi connectivity index (χ3n) is 2.03. The van der Waals surface area contributed by atoms with Crippen LogP contribution in [0.1, 0.15) is 25.3 Å². The van der Waals surface area contributed by atoms with E-state index in [9.17, 15) is 0 Å². The smallest absolute Gasteiger partial charge is 0.222 e. The van der Waals surface area contributed by atoms with Crippen LogP contribution in [0.25, 0.3) is 11.5 Å². The molecule has 0 aliphatic rings. The Morgan fingerprint density at radius 1 is 1.36 bits per heavy atom. The van der Waals surface area contributed by atoms with Crippen LogP contribution < -0.4 is 0 Å². The zero-order chi connectivity index (χ0) is 9.97. The zero-order valence-electron chi connectivity index (χ0n) is 8.10. The monoisotopic (exact) mass is 189 g/mol. The van der Waals surface area contributed by atoms with Crippen LogP contribution >= 0.6 is 0 Å². The highest BCUT2D eigenvalue weighted by atomic mass is 15.5. The Labute approximate surface area is 81.6 Å². The number of nitrogens with zero attached hydrogens (tertiary/aromatic N) is 4. The highest BCUT2D eigenvalue weighted by Crippen LogP contribution is 2.17. The van der Waals surface area contributed by atoms with Crippen molar-refractivity contribution in [3.05, 3.63) is 23.9 Å². The van der Waals surface area contributed by atoms with E-state index < -0.39 is 0 Å². The molecule has 1 N–H and O–H groups in total. The van der Waals surface area contributed by atoms with Gasteiger partial charge in [0.05, 0.1) is 0 Å². The highest BCUT2D eigenvalue weighted by Gasteiger charge is 2.06. The quantitative estimate of drug-likeness (QED) is 0.775. The van der Waals surface area contributed by atoms with Gasteiger partial charge in [-0.2, -0.15) is 5.21 Å². The number of nitrogens with one attached hydrogen (secondary N) is 1. The van der Waals surface area contributed by atoms with Crippen LogP contribution in [0.5, 0.6) is 0 Å². The fraction of sp³-hybridized carbons (Fsp3) is 0.333. The predicted octanol–water partition coefficient (Wildman–Crippen LogP) is 1.39. The fourth-order valence-corrected chi connectivity index (χ4v) is 1.20. The summed E-state index contributed by atoms with van der Waals surface area (Å²) in [5.74, 6) is 1.01. The molecule has 2 rings (SSSR count). The first-order valence-electron chi connectivity index (χ1n) is 4.47. The van der Waals surface area contributed by atoms with Crippen LogP contribution in [0, 0.1) is 0 Å². The van der Waals surface area contributed by atoms with Crippen molar-refractivity contribution >= 4 is 0 Å². The number of hydrogen-bond donors (Lipinski definition) is 1. The minimum atomic E-state index is 0.476. The second-order valence-electron chi connectivity index (χ2n) is 3.36. The van der Waals surface area contributed by atoms with Gasteiger partial charge < -0.3 is 0 Å². The van der Waals surface area contributed by atoms with Crippen molar-refractivity contribution in [1.82, 2.24) is 25.6 Å². The Bertz CT molecular complexity index is 407. The van der Waals surface area contributed by atoms with Crippen LogP contribution in [-0.4, -0.2) is 25.6 Å². The highest BCUT2D eigenvalue weighted by molar-refractivity contribution is 5.48. The number of tetrazole rings is 1. The lowest BCUT2D eigenvalue weighted by molar-refractivity contribution is 0.863. The normalized spacial score (nSPS) is 10.8. The second-order valence-corrected chi connectivity index (χ2v) is 3.36. The van der Waals surface area contributed by atoms with E-state index in [2.05, 4.69) is 39.5 Å². The van der Waals surface area contributed by atoms with Gasteiger partial charge >= 0.3 is 0 Å². The summed E-state index contributed by atoms with van der Waals surface area (Å²) >= 11 is 0. The second kappa shape index (κ2) is 3.53. The molecule has 0 aliphatic carbocycles. The number of H-pyrrole nitrogens is 1. The van der Waals surface area contributed by atoms with Gasteiger partial charge in [0.25, 0.3) is 0 Å². The molecular formula is C9H11N5. The zero-order valence-corrected chi connectivity index (χ0v) is 8.10. The van der Waals surface area contributed by atoms with Gasteiger partial charge in [0, 0.05) is 6.20 Å². The van der Waals surface area contributed by atoms with E-state index in [-0.39, 0.29) is 0 Å². The van der Waals surface area contributed by atoms with E-state index in [4.69, 9.17) is 0 Å². The number of aromatic nitrogens is 5. The number of aromatic amines is 1. The number of rotatable bonds is 2. The molecule has 0 amide bonds. The fourth-order valence-electron chi connectivity index (χ4n) is 1.20. The van der Waals surface area contributed by atoms with Gasteiger partial charge in [0.15, 0.2) is 0 Å². The molecule has 0 atom stereocenters. The van der Waals surface area contributed by atoms with E-state index in [1.165, 1.54) is 5.56 Å². The van der Waals surface area contributed by atoms with Gasteiger partial charge in [-0.1, -0.05) is 13.8 Å². The summed E-state index contributed by atoms with van der Waals surface area (Å²) in [6.07, 6.45) is 1.76. The van der Waals surface area contributed by atoms with Gasteiger partial charge in [0.2, 0.25) is 5.82 Å². The predicted molar refractivity (Wildman–Crippen MR) is 51.5 cm³/mol. The summed E-state index contributed by atoms with van der Waals surface area (Å²) in [6.45, 7) is 4.27. The average molecular weight is 189 g/mol. The molecule has 0 saturated heterocycles. The summed E-state index contributed by atoms with van der Waals surface area (Å²) in [4.78, 5) is 4.18. The molecular weight excluding hydrogens is 178 g/mol. The topological polar surface area (TPSA) is 67.3 Å². The maximum absolute atomic E-state index is 4.18. The lowest BCUT2D eigenvalue weighted by Crippen LogP contribution is -1.91. The van der Waals surface area contributed by atoms with Crippen molar-refractivity contribution < 1.29 is 0 Å². The van der Waals surface area contributed by atoms with Crippen LogP contribution in [-0.2, 0) is 0 Å². The van der Waals surface area contributed by atoms with E-state index in [1.54, 1.807) is 6.20 Å². The third-order valence-corrected chi connectivity index (χ3v) is 2.03. The van der Waals surface area contributed by atoms with Crippen LogP contribution in [0.15, 0.2) is 18.3 Å². The van der Waals surface area contributed by atoms with Crippen LogP contribution in [0.4, 0.5) is 0 Å². The van der Waals surface area contributed by atoms with Crippen molar-refractivity contribution in [2.45, 2.75) is 19.8 Å². The molecule has 5 heteroatoms. The van der Waals surface area contributed by atoms with Crippen molar-refractivity contribution in [2.75, 3.05) is 0 Å². The Kier molecular flexibility index (Phi) is 2.22. The Morgan fingerprint density at radius 2 is 2.21 bits per heavy atom. The Morgan fingerprint density at radius 3 is 2.86 bits per heavy atom. The molecule has 14 heavy (non-hydrogen) atoms. The first-order valence-corrected chi connectivity index (χ1v) is 4.47. The maximum atomic E-state index is 4.18. The first-order chi connectivity index (χ1) is 6.77. The molecule has 72 valence electrons. The first kappa shape index (κ1) is 8.80. The average Bonchev–Trinajstić information content (AvgIpc) is 2.71. The molecule has 0 bridgehead atoms. The lowest BCUT2D eigenvalue weighted by Gasteiger charge is -2.04. The molecule has 2 aromatic rings. The summed E-state index contributed by atoms with van der Waals surface area (Å²) in [5.41, 5.74) is 1.98. The van der Waals surface area contributed by atoms with Crippen LogP contribution in [0.3, 0.4) is 0 Å². The van der Waals surface area contributed by atoms with Crippen molar-refractivity contribution in [1.29, 1.82) is 0 Å². The molecule has 0 aliphatic heterocycles. The van der Waals surface area contributed by atoms with E-state index in [1.807, 2.05) is 12.1 Å². The van der Waals surface area contributed by atoms with E-state index in [0.29, 0.717) is 11.7 Å². The molecule has 0 aromatic carbocycles. The minimum Gasteiger partial charge on any atom is -0.253 e. The Balaban J connectivity index is 2.41. The minimum absolute atomic E-state index is 0.476. The van der Waals surface area contributed by atoms with E-state index >= 15 is 0 Å². The standard InChI is InChI=1S/C9H11N5/c1-6(2)7-3-4-10-8(5-7)9-11-13-14-12-9/h3-6H,1-2H3,(H,11,12,13,14). The molecule has 0 spiro atoms. The SMILES string of the molecule is CC(C)c1ccnc(-c2nn[nH]n2)c1. The summed E-state index contributed by atoms with van der Waals surface area (Å²) < 4.78 is 0. The summed E-state index contributed by atoms with van der Waals surface area (Å²) in [5, 5.41) is 13.7. The largest absolute Gasteiger partial charge is 0.253 e. The molecule has 0 unspecified atom stereocenters. The lowest BCUT2D eigenvalue weighted by atomic mass is 10.0. The van der Waals surface area contributed by atoms with Crippen LogP contribution in [0.2, 0.25) is 0 Å². The Hall–Kier alpha value is -1.78. The molecule has 0 saturated carbocycles. The van der Waals surface area contributed by atoms with Crippen molar-refractivity contribution in [3.63, 3.8) is 0 Å². The summed E-state index contributed by atoms with van der Waals surface area (Å²) in [6, 6.07) is 3.98. The van der Waals surface area contributed by atoms with Gasteiger partial charge in [-0.25, -0.2) is 0 Å². The molecule has 2 heterocycles. The van der Waals surface area contributed by atoms with Gasteiger partial charge in [-0.3, -0.25) is 4.98 Å². The van der Waals surface area contributed by atoms with Crippen molar-refractivity contribution in [2.24, 2.45) is 0 Å². The molecule has 2 aromatic heterocycles. The number of pyridine rings is 1. The third kappa shape index (κ3) is 1.61. The molecule has 5 nitrogen and oxygen atoms in total. The summed E-state index contributed by atoms with van der Waals surface area (Å²) in [7, 11) is 0. The van der Waals surface area contributed by atoms with Crippen molar-refractivity contribution in [3.8, 4) is 11.5 Å². The van der Waals surface area contributed by atoms with Gasteiger partial charge in [0.1, 0.15) is 5.69 Å². The molecule has 0 radical (unpaired) electrons. The van der Waals surface area contributed by atoms with E-state index in [0.717, 1.165) is 5.69 Å². The number of hydrogen-bond acceptors (Lipinski definition) is 4.